The Balaban J connectivity index is 1.98. The minimum atomic E-state index is -0.670. The summed E-state index contributed by atoms with van der Waals surface area (Å²) in [5, 5.41) is 0.279. The molecule has 1 fully saturated rings. The minimum Gasteiger partial charge on any atom is -0.445 e. The zero-order chi connectivity index (χ0) is 16.2. The molecule has 0 bridgehead atoms. The first-order chi connectivity index (χ1) is 10.5. The lowest BCUT2D eigenvalue weighted by Gasteiger charge is -2.24. The first kappa shape index (κ1) is 17.5. The molecule has 1 heterocycles. The Morgan fingerprint density at radius 1 is 1.36 bits per heavy atom. The van der Waals surface area contributed by atoms with E-state index in [9.17, 15) is 9.59 Å². The number of hydrogen-bond acceptors (Lipinski definition) is 3. The summed E-state index contributed by atoms with van der Waals surface area (Å²) in [5.74, 6) is 0.166. The Labute approximate surface area is 147 Å². The van der Waals surface area contributed by atoms with Crippen LogP contribution >= 0.6 is 31.9 Å². The molecule has 1 aromatic rings. The number of carbonyl (C=O) groups is 2. The molecule has 2 rings (SSSR count). The number of ketones is 1. The van der Waals surface area contributed by atoms with E-state index < -0.39 is 4.32 Å². The van der Waals surface area contributed by atoms with Crippen LogP contribution in [0.25, 0.3) is 0 Å². The topological polar surface area (TPSA) is 46.6 Å². The Hall–Kier alpha value is -0.880. The molecule has 2 atom stereocenters. The van der Waals surface area contributed by atoms with Crippen LogP contribution in [0.3, 0.4) is 0 Å². The van der Waals surface area contributed by atoms with Crippen molar-refractivity contribution in [2.24, 2.45) is 5.92 Å². The number of rotatable bonds is 5. The molecule has 120 valence electrons. The monoisotopic (exact) mass is 431 g/mol. The summed E-state index contributed by atoms with van der Waals surface area (Å²) >= 11 is 6.79. The van der Waals surface area contributed by atoms with Crippen molar-refractivity contribution in [2.45, 2.75) is 24.3 Å². The van der Waals surface area contributed by atoms with Crippen LogP contribution in [-0.4, -0.2) is 39.5 Å². The van der Waals surface area contributed by atoms with Crippen LogP contribution in [0, 0.1) is 5.92 Å². The number of benzene rings is 1. The van der Waals surface area contributed by atoms with E-state index in [1.807, 2.05) is 37.3 Å². The third-order valence-electron chi connectivity index (χ3n) is 4.05. The second-order valence-electron chi connectivity index (χ2n) is 5.45. The standard InChI is InChI=1S/C16H19Br2NO3/c1-2-13-9-19(11-16(13,18)14(20)8-17)15(21)22-10-12-6-4-3-5-7-12/h3-7,13H,2,8-11H2,1H3/t13-,16?/m0/s1. The number of nitrogens with zero attached hydrogens (tertiary/aromatic N) is 1. The quantitative estimate of drug-likeness (QED) is 0.665. The van der Waals surface area contributed by atoms with Crippen LogP contribution in [0.15, 0.2) is 30.3 Å². The van der Waals surface area contributed by atoms with E-state index >= 15 is 0 Å². The largest absolute Gasteiger partial charge is 0.445 e. The number of carbonyl (C=O) groups excluding carboxylic acids is 2. The lowest BCUT2D eigenvalue weighted by molar-refractivity contribution is -0.119. The molecule has 0 saturated carbocycles. The average Bonchev–Trinajstić information content (AvgIpc) is 2.91. The van der Waals surface area contributed by atoms with Gasteiger partial charge in [0, 0.05) is 19.0 Å². The average molecular weight is 433 g/mol. The molecule has 0 aliphatic carbocycles. The molecule has 1 amide bonds. The van der Waals surface area contributed by atoms with Crippen LogP contribution in [0.5, 0.6) is 0 Å². The van der Waals surface area contributed by atoms with Crippen molar-refractivity contribution in [2.75, 3.05) is 18.4 Å². The van der Waals surface area contributed by atoms with Gasteiger partial charge < -0.3 is 9.64 Å². The molecule has 1 aromatic carbocycles. The number of hydrogen-bond donors (Lipinski definition) is 0. The van der Waals surface area contributed by atoms with Gasteiger partial charge in [0.05, 0.1) is 5.33 Å². The lowest BCUT2D eigenvalue weighted by Crippen LogP contribution is -2.41. The fourth-order valence-corrected chi connectivity index (χ4v) is 4.50. The molecule has 4 nitrogen and oxygen atoms in total. The fourth-order valence-electron chi connectivity index (χ4n) is 2.71. The third kappa shape index (κ3) is 3.71. The molecule has 1 unspecified atom stereocenters. The highest BCUT2D eigenvalue weighted by Gasteiger charge is 2.50. The third-order valence-corrected chi connectivity index (χ3v) is 5.90. The number of amides is 1. The van der Waals surface area contributed by atoms with Crippen LogP contribution in [0.2, 0.25) is 0 Å². The maximum absolute atomic E-state index is 12.2. The van der Waals surface area contributed by atoms with Gasteiger partial charge >= 0.3 is 6.09 Å². The van der Waals surface area contributed by atoms with E-state index in [-0.39, 0.29) is 29.7 Å². The van der Waals surface area contributed by atoms with Gasteiger partial charge in [0.1, 0.15) is 10.9 Å². The Kier molecular flexibility index (Phi) is 6.03. The van der Waals surface area contributed by atoms with E-state index in [1.54, 1.807) is 4.90 Å². The van der Waals surface area contributed by atoms with Gasteiger partial charge in [0.25, 0.3) is 0 Å². The van der Waals surface area contributed by atoms with Crippen molar-refractivity contribution in [1.82, 2.24) is 4.90 Å². The van der Waals surface area contributed by atoms with E-state index in [0.29, 0.717) is 13.1 Å². The summed E-state index contributed by atoms with van der Waals surface area (Å²) in [6, 6.07) is 9.56. The van der Waals surface area contributed by atoms with Gasteiger partial charge in [-0.2, -0.15) is 0 Å². The van der Waals surface area contributed by atoms with Gasteiger partial charge in [0.2, 0.25) is 0 Å². The molecule has 0 spiro atoms. The van der Waals surface area contributed by atoms with Crippen molar-refractivity contribution >= 4 is 43.7 Å². The highest BCUT2D eigenvalue weighted by atomic mass is 79.9. The zero-order valence-electron chi connectivity index (χ0n) is 12.4. The van der Waals surface area contributed by atoms with Gasteiger partial charge in [0.15, 0.2) is 5.78 Å². The first-order valence-electron chi connectivity index (χ1n) is 7.25. The molecule has 1 saturated heterocycles. The molecular weight excluding hydrogens is 414 g/mol. The second-order valence-corrected chi connectivity index (χ2v) is 7.42. The van der Waals surface area contributed by atoms with Crippen molar-refractivity contribution in [3.8, 4) is 0 Å². The van der Waals surface area contributed by atoms with E-state index in [4.69, 9.17) is 4.74 Å². The maximum atomic E-state index is 12.2. The molecule has 0 radical (unpaired) electrons. The van der Waals surface area contributed by atoms with Crippen molar-refractivity contribution in [1.29, 1.82) is 0 Å². The van der Waals surface area contributed by atoms with E-state index in [1.165, 1.54) is 0 Å². The number of Topliss-reactive ketones (excluding diaryl/α,β-unsaturated/α-hetero) is 1. The van der Waals surface area contributed by atoms with Gasteiger partial charge in [-0.3, -0.25) is 4.79 Å². The molecule has 1 aliphatic heterocycles. The second kappa shape index (κ2) is 7.59. The highest BCUT2D eigenvalue weighted by Crippen LogP contribution is 2.39. The summed E-state index contributed by atoms with van der Waals surface area (Å²) < 4.78 is 4.69. The number of ether oxygens (including phenoxy) is 1. The zero-order valence-corrected chi connectivity index (χ0v) is 15.6. The molecule has 1 aliphatic rings. The molecule has 0 aromatic heterocycles. The van der Waals surface area contributed by atoms with Crippen LogP contribution in [-0.2, 0) is 16.1 Å². The van der Waals surface area contributed by atoms with Crippen LogP contribution in [0.1, 0.15) is 18.9 Å². The molecule has 22 heavy (non-hydrogen) atoms. The van der Waals surface area contributed by atoms with Gasteiger partial charge in [-0.1, -0.05) is 69.1 Å². The number of halogens is 2. The molecular formula is C16H19Br2NO3. The molecule has 0 N–H and O–H groups in total. The smallest absolute Gasteiger partial charge is 0.410 e. The summed E-state index contributed by atoms with van der Waals surface area (Å²) in [4.78, 5) is 26.0. The number of alkyl halides is 2. The summed E-state index contributed by atoms with van der Waals surface area (Å²) in [7, 11) is 0. The van der Waals surface area contributed by atoms with Crippen molar-refractivity contribution in [3.05, 3.63) is 35.9 Å². The number of likely N-dealkylation sites (tertiary alicyclic amines) is 1. The SMILES string of the molecule is CC[C@H]1CN(C(=O)OCc2ccccc2)CC1(Br)C(=O)CBr. The van der Waals surface area contributed by atoms with Gasteiger partial charge in [-0.25, -0.2) is 4.79 Å². The van der Waals surface area contributed by atoms with Crippen molar-refractivity contribution in [3.63, 3.8) is 0 Å². The highest BCUT2D eigenvalue weighted by molar-refractivity contribution is 9.11. The van der Waals surface area contributed by atoms with Gasteiger partial charge in [-0.05, 0) is 12.0 Å². The minimum absolute atomic E-state index is 0.0673. The molecule has 6 heteroatoms. The first-order valence-corrected chi connectivity index (χ1v) is 9.16. The fraction of sp³-hybridized carbons (Fsp3) is 0.500. The Bertz CT molecular complexity index is 537. The Morgan fingerprint density at radius 3 is 2.64 bits per heavy atom. The summed E-state index contributed by atoms with van der Waals surface area (Å²) in [6.07, 6.45) is 0.456. The normalized spacial score (nSPS) is 24.3. The van der Waals surface area contributed by atoms with Crippen LogP contribution in [0.4, 0.5) is 4.79 Å². The maximum Gasteiger partial charge on any atom is 0.410 e. The lowest BCUT2D eigenvalue weighted by atomic mass is 9.90. The predicted molar refractivity (Wildman–Crippen MR) is 92.4 cm³/mol. The van der Waals surface area contributed by atoms with E-state index in [0.717, 1.165) is 12.0 Å². The Morgan fingerprint density at radius 2 is 2.05 bits per heavy atom. The van der Waals surface area contributed by atoms with Gasteiger partial charge in [-0.15, -0.1) is 0 Å². The van der Waals surface area contributed by atoms with Crippen molar-refractivity contribution < 1.29 is 14.3 Å². The van der Waals surface area contributed by atoms with E-state index in [2.05, 4.69) is 31.9 Å². The van der Waals surface area contributed by atoms with Crippen LogP contribution < -0.4 is 0 Å². The summed E-state index contributed by atoms with van der Waals surface area (Å²) in [6.45, 7) is 3.16. The predicted octanol–water partition coefficient (Wildman–Crippen LogP) is 3.76. The summed E-state index contributed by atoms with van der Waals surface area (Å²) in [5.41, 5.74) is 0.948.